The molecular weight excluding hydrogens is 424 g/mol. The lowest BCUT2D eigenvalue weighted by Crippen LogP contribution is -2.59. The number of nitrogens with zero attached hydrogens (tertiary/aromatic N) is 2. The van der Waals surface area contributed by atoms with Crippen molar-refractivity contribution < 1.29 is 28.2 Å². The van der Waals surface area contributed by atoms with E-state index >= 15 is 0 Å². The smallest absolute Gasteiger partial charge is 0.276 e. The van der Waals surface area contributed by atoms with E-state index in [0.29, 0.717) is 12.7 Å². The molecule has 168 valence electrons. The number of aromatic hydroxyl groups is 1. The molecule has 0 radical (unpaired) electrons. The van der Waals surface area contributed by atoms with Gasteiger partial charge in [0.2, 0.25) is 5.43 Å². The second kappa shape index (κ2) is 7.70. The molecule has 1 aromatic carbocycles. The molecule has 10 heteroatoms. The first-order valence-electron chi connectivity index (χ1n) is 10.5. The molecule has 1 saturated heterocycles. The molecule has 2 aromatic rings. The molecule has 5 rings (SSSR count). The maximum atomic E-state index is 13.8. The van der Waals surface area contributed by atoms with Gasteiger partial charge in [-0.05, 0) is 18.9 Å². The number of hydrogen-bond donors (Lipinski definition) is 2. The number of nitrogens with one attached hydrogen (secondary N) is 1. The Kier molecular flexibility index (Phi) is 4.96. The Morgan fingerprint density at radius 3 is 2.84 bits per heavy atom. The van der Waals surface area contributed by atoms with Gasteiger partial charge in [0.15, 0.2) is 17.7 Å². The van der Waals surface area contributed by atoms with Gasteiger partial charge >= 0.3 is 0 Å². The molecule has 0 spiro atoms. The minimum Gasteiger partial charge on any atom is -0.503 e. The van der Waals surface area contributed by atoms with Crippen molar-refractivity contribution in [3.8, 4) is 5.75 Å². The van der Waals surface area contributed by atoms with Crippen LogP contribution in [0.15, 0.2) is 29.2 Å². The van der Waals surface area contributed by atoms with Crippen LogP contribution in [0.2, 0.25) is 0 Å². The Morgan fingerprint density at radius 1 is 1.25 bits per heavy atom. The van der Waals surface area contributed by atoms with Gasteiger partial charge in [-0.3, -0.25) is 14.4 Å². The van der Waals surface area contributed by atoms with Crippen molar-refractivity contribution in [1.82, 2.24) is 14.8 Å². The standard InChI is InChI=1S/C22H21F2N3O5/c23-13-5-4-11(15(24)6-13)7-25-21(30)14-8-26-9-17-27(16-3-1-2-12(16)10-32-17)22(31)18(26)20(29)19(14)28/h4-6,8,12,16-17,29H,1-3,7,9-10H2,(H,25,30)/t12-,16-,17?/m0/s1. The fourth-order valence-corrected chi connectivity index (χ4v) is 4.93. The summed E-state index contributed by atoms with van der Waals surface area (Å²) in [6.45, 7) is 0.427. The Morgan fingerprint density at radius 2 is 2.06 bits per heavy atom. The number of carbonyl (C=O) groups is 2. The van der Waals surface area contributed by atoms with E-state index in [9.17, 15) is 28.3 Å². The van der Waals surface area contributed by atoms with Crippen LogP contribution in [0.3, 0.4) is 0 Å². The average Bonchev–Trinajstić information content (AvgIpc) is 3.24. The Hall–Kier alpha value is -3.27. The quantitative estimate of drug-likeness (QED) is 0.750. The number of rotatable bonds is 3. The maximum Gasteiger partial charge on any atom is 0.276 e. The maximum absolute atomic E-state index is 13.8. The van der Waals surface area contributed by atoms with Crippen molar-refractivity contribution in [3.05, 3.63) is 63.1 Å². The van der Waals surface area contributed by atoms with E-state index in [1.54, 1.807) is 4.90 Å². The van der Waals surface area contributed by atoms with Crippen LogP contribution < -0.4 is 10.7 Å². The number of aromatic nitrogens is 1. The van der Waals surface area contributed by atoms with Crippen LogP contribution in [0.4, 0.5) is 8.78 Å². The molecule has 2 aliphatic heterocycles. The van der Waals surface area contributed by atoms with Crippen molar-refractivity contribution in [2.24, 2.45) is 5.92 Å². The zero-order valence-electron chi connectivity index (χ0n) is 17.0. The average molecular weight is 445 g/mol. The van der Waals surface area contributed by atoms with Crippen LogP contribution in [-0.4, -0.2) is 45.3 Å². The van der Waals surface area contributed by atoms with E-state index in [-0.39, 0.29) is 41.9 Å². The number of carbonyl (C=O) groups excluding carboxylic acids is 2. The number of amides is 2. The second-order valence-corrected chi connectivity index (χ2v) is 8.40. The molecule has 8 nitrogen and oxygen atoms in total. The second-order valence-electron chi connectivity index (χ2n) is 8.40. The zero-order valence-corrected chi connectivity index (χ0v) is 17.0. The minimum absolute atomic E-state index is 0.0121. The highest BCUT2D eigenvalue weighted by Crippen LogP contribution is 2.39. The van der Waals surface area contributed by atoms with E-state index in [0.717, 1.165) is 25.3 Å². The SMILES string of the molecule is O=C(NCc1ccc(F)cc1F)c1cn2c(c(O)c1=O)C(=O)N1C(C2)OC[C@@H]2CCC[C@@H]21. The molecule has 3 atom stereocenters. The minimum atomic E-state index is -0.985. The van der Waals surface area contributed by atoms with Crippen molar-refractivity contribution in [2.45, 2.75) is 44.6 Å². The fraction of sp³-hybridized carbons (Fsp3) is 0.409. The molecule has 0 bridgehead atoms. The molecule has 2 fully saturated rings. The van der Waals surface area contributed by atoms with Crippen LogP contribution >= 0.6 is 0 Å². The number of benzene rings is 1. The summed E-state index contributed by atoms with van der Waals surface area (Å²) < 4.78 is 34.1. The van der Waals surface area contributed by atoms with Gasteiger partial charge in [-0.25, -0.2) is 8.78 Å². The first kappa shape index (κ1) is 20.6. The van der Waals surface area contributed by atoms with E-state index in [4.69, 9.17) is 4.74 Å². The summed E-state index contributed by atoms with van der Waals surface area (Å²) in [7, 11) is 0. The summed E-state index contributed by atoms with van der Waals surface area (Å²) in [5.74, 6) is -3.47. The van der Waals surface area contributed by atoms with Gasteiger partial charge in [0, 0.05) is 36.3 Å². The third kappa shape index (κ3) is 3.26. The number of halogens is 2. The van der Waals surface area contributed by atoms with E-state index < -0.39 is 40.9 Å². The first-order valence-corrected chi connectivity index (χ1v) is 10.5. The lowest BCUT2D eigenvalue weighted by Gasteiger charge is -2.46. The lowest BCUT2D eigenvalue weighted by molar-refractivity contribution is -0.134. The molecule has 1 unspecified atom stereocenters. The van der Waals surface area contributed by atoms with Gasteiger partial charge in [0.05, 0.1) is 13.2 Å². The van der Waals surface area contributed by atoms with Gasteiger partial charge in [-0.2, -0.15) is 0 Å². The van der Waals surface area contributed by atoms with Crippen LogP contribution in [0, 0.1) is 17.6 Å². The molecule has 1 aromatic heterocycles. The molecular formula is C22H21F2N3O5. The van der Waals surface area contributed by atoms with E-state index in [2.05, 4.69) is 5.32 Å². The highest BCUT2D eigenvalue weighted by atomic mass is 19.1. The Labute approximate surface area is 181 Å². The molecule has 2 N–H and O–H groups in total. The first-order chi connectivity index (χ1) is 15.3. The summed E-state index contributed by atoms with van der Waals surface area (Å²) in [5.41, 5.74) is -1.50. The molecule has 3 heterocycles. The summed E-state index contributed by atoms with van der Waals surface area (Å²) >= 11 is 0. The summed E-state index contributed by atoms with van der Waals surface area (Å²) in [6, 6.07) is 2.95. The third-order valence-corrected chi connectivity index (χ3v) is 6.53. The van der Waals surface area contributed by atoms with Gasteiger partial charge in [0.25, 0.3) is 11.8 Å². The van der Waals surface area contributed by atoms with Gasteiger partial charge < -0.3 is 24.6 Å². The highest BCUT2D eigenvalue weighted by Gasteiger charge is 2.47. The zero-order chi connectivity index (χ0) is 22.6. The highest BCUT2D eigenvalue weighted by molar-refractivity contribution is 5.99. The molecule has 1 saturated carbocycles. The van der Waals surface area contributed by atoms with Crippen molar-refractivity contribution in [3.63, 3.8) is 0 Å². The number of pyridine rings is 1. The monoisotopic (exact) mass is 445 g/mol. The van der Waals surface area contributed by atoms with Gasteiger partial charge in [0.1, 0.15) is 17.2 Å². The van der Waals surface area contributed by atoms with Crippen molar-refractivity contribution in [2.75, 3.05) is 6.61 Å². The molecule has 1 aliphatic carbocycles. The van der Waals surface area contributed by atoms with Crippen LogP contribution in [0.1, 0.15) is 45.7 Å². The Balaban J connectivity index is 1.43. The third-order valence-electron chi connectivity index (χ3n) is 6.53. The van der Waals surface area contributed by atoms with Crippen LogP contribution in [0.5, 0.6) is 5.75 Å². The van der Waals surface area contributed by atoms with E-state index in [1.165, 1.54) is 16.8 Å². The van der Waals surface area contributed by atoms with Crippen molar-refractivity contribution >= 4 is 11.8 Å². The summed E-state index contributed by atoms with van der Waals surface area (Å²) in [6.07, 6.45) is 3.48. The molecule has 2 amide bonds. The fourth-order valence-electron chi connectivity index (χ4n) is 4.93. The van der Waals surface area contributed by atoms with Gasteiger partial charge in [-0.1, -0.05) is 12.5 Å². The molecule has 3 aliphatic rings. The number of ether oxygens (including phenoxy) is 1. The van der Waals surface area contributed by atoms with E-state index in [1.807, 2.05) is 0 Å². The van der Waals surface area contributed by atoms with Gasteiger partial charge in [-0.15, -0.1) is 0 Å². The normalized spacial score (nSPS) is 24.0. The largest absolute Gasteiger partial charge is 0.503 e. The van der Waals surface area contributed by atoms with Crippen LogP contribution in [0.25, 0.3) is 0 Å². The molecule has 32 heavy (non-hydrogen) atoms. The number of hydrogen-bond acceptors (Lipinski definition) is 5. The topological polar surface area (TPSA) is 101 Å². The predicted octanol–water partition coefficient (Wildman–Crippen LogP) is 1.74. The predicted molar refractivity (Wildman–Crippen MR) is 107 cm³/mol. The van der Waals surface area contributed by atoms with Crippen molar-refractivity contribution in [1.29, 1.82) is 0 Å². The summed E-state index contributed by atoms with van der Waals surface area (Å²) in [4.78, 5) is 40.1. The summed E-state index contributed by atoms with van der Waals surface area (Å²) in [5, 5.41) is 12.9. The lowest BCUT2D eigenvalue weighted by atomic mass is 9.98. The number of fused-ring (bicyclic) bond motifs is 4. The Bertz CT molecular complexity index is 1180. The van der Waals surface area contributed by atoms with Crippen LogP contribution in [-0.2, 0) is 17.8 Å².